The van der Waals surface area contributed by atoms with Gasteiger partial charge in [0.2, 0.25) is 0 Å². The van der Waals surface area contributed by atoms with E-state index in [1.807, 2.05) is 52.5 Å². The maximum atomic E-state index is 14.1. The van der Waals surface area contributed by atoms with Gasteiger partial charge in [-0.2, -0.15) is 0 Å². The number of amides is 1. The number of hydrogen-bond acceptors (Lipinski definition) is 4. The van der Waals surface area contributed by atoms with Gasteiger partial charge in [0.1, 0.15) is 5.82 Å². The first kappa shape index (κ1) is 17.1. The summed E-state index contributed by atoms with van der Waals surface area (Å²) in [5, 5.41) is 5.42. The Labute approximate surface area is 167 Å². The van der Waals surface area contributed by atoms with Crippen LogP contribution in [-0.4, -0.2) is 15.3 Å². The summed E-state index contributed by atoms with van der Waals surface area (Å²) >= 11 is 2.89. The Balaban J connectivity index is 1.40. The zero-order valence-electron chi connectivity index (χ0n) is 14.8. The van der Waals surface area contributed by atoms with E-state index in [2.05, 4.69) is 10.3 Å². The number of fused-ring (bicyclic) bond motifs is 2. The normalized spacial score (nSPS) is 11.4. The van der Waals surface area contributed by atoms with Gasteiger partial charge in [-0.25, -0.2) is 9.37 Å². The molecule has 138 valence electrons. The van der Waals surface area contributed by atoms with Gasteiger partial charge in [0.05, 0.1) is 10.6 Å². The Morgan fingerprint density at radius 1 is 1.18 bits per heavy atom. The molecule has 2 aromatic carbocycles. The average Bonchev–Trinajstić information content (AvgIpc) is 3.36. The van der Waals surface area contributed by atoms with Crippen molar-refractivity contribution in [2.75, 3.05) is 5.32 Å². The molecule has 0 radical (unpaired) electrons. The van der Waals surface area contributed by atoms with Crippen molar-refractivity contribution >= 4 is 49.3 Å². The fourth-order valence-electron chi connectivity index (χ4n) is 3.25. The van der Waals surface area contributed by atoms with Gasteiger partial charge in [-0.15, -0.1) is 22.7 Å². The highest BCUT2D eigenvalue weighted by molar-refractivity contribution is 7.21. The quantitative estimate of drug-likeness (QED) is 0.400. The molecule has 0 spiro atoms. The van der Waals surface area contributed by atoms with Crippen LogP contribution in [0.1, 0.15) is 15.2 Å². The Kier molecular flexibility index (Phi) is 3.99. The number of halogens is 1. The third-order valence-electron chi connectivity index (χ3n) is 4.64. The van der Waals surface area contributed by atoms with Crippen molar-refractivity contribution < 1.29 is 9.18 Å². The van der Waals surface area contributed by atoms with Gasteiger partial charge in [-0.3, -0.25) is 9.20 Å². The van der Waals surface area contributed by atoms with Crippen molar-refractivity contribution in [3.63, 3.8) is 0 Å². The topological polar surface area (TPSA) is 46.4 Å². The minimum atomic E-state index is -0.297. The SMILES string of the molecule is Cc1c(C(=O)Nc2ccc(-c3cn4ccsc4n3)cc2)sc2cccc(F)c12. The van der Waals surface area contributed by atoms with Crippen LogP contribution >= 0.6 is 22.7 Å². The van der Waals surface area contributed by atoms with Crippen LogP contribution in [0, 0.1) is 12.7 Å². The highest BCUT2D eigenvalue weighted by Gasteiger charge is 2.18. The molecular weight excluding hydrogens is 393 g/mol. The summed E-state index contributed by atoms with van der Waals surface area (Å²) in [6, 6.07) is 12.5. The number of carbonyl (C=O) groups excluding carboxylic acids is 1. The molecule has 7 heteroatoms. The van der Waals surface area contributed by atoms with Crippen molar-refractivity contribution in [3.05, 3.63) is 76.5 Å². The summed E-state index contributed by atoms with van der Waals surface area (Å²) in [4.78, 5) is 18.8. The summed E-state index contributed by atoms with van der Waals surface area (Å²) in [6.45, 7) is 1.78. The van der Waals surface area contributed by atoms with Crippen LogP contribution in [-0.2, 0) is 0 Å². The lowest BCUT2D eigenvalue weighted by Crippen LogP contribution is -2.11. The Bertz CT molecular complexity index is 1300. The highest BCUT2D eigenvalue weighted by Crippen LogP contribution is 2.33. The Morgan fingerprint density at radius 2 is 2.00 bits per heavy atom. The molecule has 28 heavy (non-hydrogen) atoms. The second kappa shape index (κ2) is 6.54. The second-order valence-electron chi connectivity index (χ2n) is 6.42. The van der Waals surface area contributed by atoms with E-state index in [9.17, 15) is 9.18 Å². The third kappa shape index (κ3) is 2.80. The molecule has 0 aliphatic rings. The molecule has 0 saturated carbocycles. The van der Waals surface area contributed by atoms with E-state index < -0.39 is 0 Å². The number of nitrogens with zero attached hydrogens (tertiary/aromatic N) is 2. The van der Waals surface area contributed by atoms with Crippen LogP contribution in [0.25, 0.3) is 26.3 Å². The lowest BCUT2D eigenvalue weighted by molar-refractivity contribution is 0.103. The summed E-state index contributed by atoms with van der Waals surface area (Å²) in [5.74, 6) is -0.525. The number of imidazole rings is 1. The van der Waals surface area contributed by atoms with Crippen molar-refractivity contribution in [3.8, 4) is 11.3 Å². The first-order chi connectivity index (χ1) is 13.6. The molecule has 3 heterocycles. The third-order valence-corrected chi connectivity index (χ3v) is 6.67. The van der Waals surface area contributed by atoms with Gasteiger partial charge in [-0.1, -0.05) is 18.2 Å². The highest BCUT2D eigenvalue weighted by atomic mass is 32.1. The van der Waals surface area contributed by atoms with Crippen LogP contribution in [0.4, 0.5) is 10.1 Å². The molecule has 3 aromatic heterocycles. The number of carbonyl (C=O) groups is 1. The van der Waals surface area contributed by atoms with E-state index in [0.717, 1.165) is 20.9 Å². The standard InChI is InChI=1S/C21H14FN3OS2/c1-12-18-15(22)3-2-4-17(18)28-19(12)20(26)23-14-7-5-13(6-8-14)16-11-25-9-10-27-21(25)24-16/h2-11H,1H3,(H,23,26). The van der Waals surface area contributed by atoms with Crippen LogP contribution in [0.3, 0.4) is 0 Å². The van der Waals surface area contributed by atoms with Gasteiger partial charge in [0, 0.05) is 39.1 Å². The van der Waals surface area contributed by atoms with Crippen LogP contribution in [0.15, 0.2) is 60.2 Å². The predicted molar refractivity (Wildman–Crippen MR) is 113 cm³/mol. The minimum Gasteiger partial charge on any atom is -0.321 e. The predicted octanol–water partition coefficient (Wildman–Crippen LogP) is 5.98. The zero-order chi connectivity index (χ0) is 19.3. The van der Waals surface area contributed by atoms with Gasteiger partial charge in [0.25, 0.3) is 5.91 Å². The summed E-state index contributed by atoms with van der Waals surface area (Å²) in [7, 11) is 0. The first-order valence-corrected chi connectivity index (χ1v) is 10.3. The molecule has 5 aromatic rings. The second-order valence-corrected chi connectivity index (χ2v) is 8.34. The van der Waals surface area contributed by atoms with Crippen LogP contribution in [0.5, 0.6) is 0 Å². The van der Waals surface area contributed by atoms with Crippen molar-refractivity contribution in [1.82, 2.24) is 9.38 Å². The molecule has 0 atom stereocenters. The summed E-state index contributed by atoms with van der Waals surface area (Å²) in [6.07, 6.45) is 3.95. The molecule has 5 rings (SSSR count). The fourth-order valence-corrected chi connectivity index (χ4v) is 5.07. The summed E-state index contributed by atoms with van der Waals surface area (Å²) < 4.78 is 16.8. The number of anilines is 1. The van der Waals surface area contributed by atoms with Gasteiger partial charge in [-0.05, 0) is 36.8 Å². The molecular formula is C21H14FN3OS2. The van der Waals surface area contributed by atoms with E-state index in [-0.39, 0.29) is 11.7 Å². The number of thiazole rings is 1. The van der Waals surface area contributed by atoms with Crippen molar-refractivity contribution in [2.24, 2.45) is 0 Å². The maximum absolute atomic E-state index is 14.1. The number of hydrogen-bond donors (Lipinski definition) is 1. The van der Waals surface area contributed by atoms with Gasteiger partial charge < -0.3 is 5.32 Å². The molecule has 0 saturated heterocycles. The molecule has 1 N–H and O–H groups in total. The van der Waals surface area contributed by atoms with E-state index in [1.54, 1.807) is 24.3 Å². The number of rotatable bonds is 3. The molecule has 0 bridgehead atoms. The van der Waals surface area contributed by atoms with Gasteiger partial charge in [0.15, 0.2) is 4.96 Å². The van der Waals surface area contributed by atoms with E-state index in [4.69, 9.17) is 0 Å². The Hall–Kier alpha value is -3.03. The average molecular weight is 407 g/mol. The number of thiophene rings is 1. The Morgan fingerprint density at radius 3 is 2.75 bits per heavy atom. The molecule has 0 fully saturated rings. The van der Waals surface area contributed by atoms with E-state index in [1.165, 1.54) is 17.4 Å². The fraction of sp³-hybridized carbons (Fsp3) is 0.0476. The number of benzene rings is 2. The smallest absolute Gasteiger partial charge is 0.266 e. The van der Waals surface area contributed by atoms with E-state index in [0.29, 0.717) is 21.5 Å². The number of aryl methyl sites for hydroxylation is 1. The van der Waals surface area contributed by atoms with Gasteiger partial charge >= 0.3 is 0 Å². The molecule has 0 aliphatic carbocycles. The van der Waals surface area contributed by atoms with E-state index >= 15 is 0 Å². The van der Waals surface area contributed by atoms with Crippen LogP contribution < -0.4 is 5.32 Å². The maximum Gasteiger partial charge on any atom is 0.266 e. The lowest BCUT2D eigenvalue weighted by atomic mass is 10.1. The first-order valence-electron chi connectivity index (χ1n) is 8.62. The van der Waals surface area contributed by atoms with Crippen molar-refractivity contribution in [2.45, 2.75) is 6.92 Å². The summed E-state index contributed by atoms with van der Waals surface area (Å²) in [5.41, 5.74) is 3.23. The molecule has 0 unspecified atom stereocenters. The van der Waals surface area contributed by atoms with Crippen LogP contribution in [0.2, 0.25) is 0 Å². The monoisotopic (exact) mass is 407 g/mol. The zero-order valence-corrected chi connectivity index (χ0v) is 16.4. The molecule has 4 nitrogen and oxygen atoms in total. The molecule has 1 amide bonds. The largest absolute Gasteiger partial charge is 0.321 e. The minimum absolute atomic E-state index is 0.228. The number of nitrogens with one attached hydrogen (secondary N) is 1. The lowest BCUT2D eigenvalue weighted by Gasteiger charge is -2.05. The number of aromatic nitrogens is 2. The van der Waals surface area contributed by atoms with Crippen molar-refractivity contribution in [1.29, 1.82) is 0 Å². The molecule has 0 aliphatic heterocycles.